The molecule has 2 aliphatic rings. The highest BCUT2D eigenvalue weighted by molar-refractivity contribution is 7.91. The number of ether oxygens (including phenoxy) is 1. The maximum absolute atomic E-state index is 12.5. The van der Waals surface area contributed by atoms with Gasteiger partial charge in [0, 0.05) is 12.6 Å². The second-order valence-corrected chi connectivity index (χ2v) is 10.4. The van der Waals surface area contributed by atoms with Gasteiger partial charge >= 0.3 is 0 Å². The summed E-state index contributed by atoms with van der Waals surface area (Å²) in [6, 6.07) is -0.469. The molecule has 2 rings (SSSR count). The summed E-state index contributed by atoms with van der Waals surface area (Å²) in [7, 11) is -3.17. The summed E-state index contributed by atoms with van der Waals surface area (Å²) < 4.78 is 30.9. The topological polar surface area (TPSA) is 89.7 Å². The molecule has 140 valence electrons. The lowest BCUT2D eigenvalue weighted by Gasteiger charge is -2.41. The summed E-state index contributed by atoms with van der Waals surface area (Å²) in [5.41, 5.74) is 5.86. The highest BCUT2D eigenvalue weighted by atomic mass is 32.2. The van der Waals surface area contributed by atoms with Crippen LogP contribution in [0.5, 0.6) is 0 Å². The normalized spacial score (nSPS) is 32.1. The molecule has 0 bridgehead atoms. The van der Waals surface area contributed by atoms with Crippen LogP contribution >= 0.6 is 0 Å². The van der Waals surface area contributed by atoms with E-state index in [1.165, 1.54) is 0 Å². The van der Waals surface area contributed by atoms with Crippen molar-refractivity contribution in [3.63, 3.8) is 0 Å². The van der Waals surface area contributed by atoms with Crippen molar-refractivity contribution in [2.45, 2.75) is 82.9 Å². The molecule has 1 amide bonds. The van der Waals surface area contributed by atoms with Crippen molar-refractivity contribution in [3.8, 4) is 0 Å². The van der Waals surface area contributed by atoms with Crippen molar-refractivity contribution in [1.29, 1.82) is 0 Å². The van der Waals surface area contributed by atoms with Crippen molar-refractivity contribution in [3.05, 3.63) is 0 Å². The van der Waals surface area contributed by atoms with E-state index >= 15 is 0 Å². The average Bonchev–Trinajstić information content (AvgIpc) is 2.78. The van der Waals surface area contributed by atoms with Crippen LogP contribution in [0.3, 0.4) is 0 Å². The van der Waals surface area contributed by atoms with Gasteiger partial charge in [0.25, 0.3) is 0 Å². The zero-order chi connectivity index (χ0) is 18.1. The summed E-state index contributed by atoms with van der Waals surface area (Å²) in [6.07, 6.45) is 3.18. The monoisotopic (exact) mass is 360 g/mol. The quantitative estimate of drug-likeness (QED) is 0.772. The number of likely N-dealkylation sites (tertiary alicyclic amines) is 1. The molecule has 1 heterocycles. The number of carbonyl (C=O) groups is 1. The largest absolute Gasteiger partial charge is 0.376 e. The van der Waals surface area contributed by atoms with E-state index < -0.39 is 21.1 Å². The molecule has 4 atom stereocenters. The van der Waals surface area contributed by atoms with Crippen molar-refractivity contribution >= 4 is 15.7 Å². The van der Waals surface area contributed by atoms with Crippen LogP contribution in [0, 0.1) is 5.92 Å². The summed E-state index contributed by atoms with van der Waals surface area (Å²) in [6.45, 7) is 8.06. The Morgan fingerprint density at radius 1 is 1.21 bits per heavy atom. The first-order valence-corrected chi connectivity index (χ1v) is 10.8. The van der Waals surface area contributed by atoms with Gasteiger partial charge in [-0.15, -0.1) is 0 Å². The molecule has 0 radical (unpaired) electrons. The Labute approximate surface area is 146 Å². The van der Waals surface area contributed by atoms with Gasteiger partial charge in [0.1, 0.15) is 0 Å². The standard InChI is InChI=1S/C17H32N2O4S/c1-11(2)23-14-5-6-16(19-8-7-15(18)17(19)20)13(9-14)10-24(21,22)12(3)4/h11-16H,5-10,18H2,1-4H3/t13-,14+,15-,16-/m0/s1. The first-order chi connectivity index (χ1) is 11.1. The fraction of sp³-hybridized carbons (Fsp3) is 0.941. The van der Waals surface area contributed by atoms with Gasteiger partial charge in [0.05, 0.1) is 29.3 Å². The molecule has 0 aromatic heterocycles. The zero-order valence-corrected chi connectivity index (χ0v) is 16.1. The highest BCUT2D eigenvalue weighted by Gasteiger charge is 2.42. The second-order valence-electron chi connectivity index (χ2n) is 7.75. The van der Waals surface area contributed by atoms with E-state index in [0.717, 1.165) is 12.8 Å². The molecule has 2 fully saturated rings. The second kappa shape index (κ2) is 7.70. The van der Waals surface area contributed by atoms with E-state index in [9.17, 15) is 13.2 Å². The molecule has 1 saturated heterocycles. The van der Waals surface area contributed by atoms with Crippen LogP contribution in [0.2, 0.25) is 0 Å². The van der Waals surface area contributed by atoms with E-state index in [1.807, 2.05) is 18.7 Å². The SMILES string of the molecule is CC(C)O[C@@H]1CC[C@H](N2CC[C@H](N)C2=O)[C@H](CS(=O)(=O)C(C)C)C1. The van der Waals surface area contributed by atoms with E-state index in [1.54, 1.807) is 13.8 Å². The first kappa shape index (κ1) is 19.7. The molecule has 0 aromatic rings. The number of nitrogens with zero attached hydrogens (tertiary/aromatic N) is 1. The van der Waals surface area contributed by atoms with Crippen molar-refractivity contribution in [1.82, 2.24) is 4.90 Å². The van der Waals surface area contributed by atoms with Crippen molar-refractivity contribution in [2.24, 2.45) is 11.7 Å². The minimum atomic E-state index is -3.17. The molecule has 2 N–H and O–H groups in total. The molecule has 1 saturated carbocycles. The zero-order valence-electron chi connectivity index (χ0n) is 15.3. The lowest BCUT2D eigenvalue weighted by molar-refractivity contribution is -0.133. The first-order valence-electron chi connectivity index (χ1n) is 9.05. The number of nitrogens with two attached hydrogens (primary N) is 1. The van der Waals surface area contributed by atoms with E-state index in [0.29, 0.717) is 19.4 Å². The van der Waals surface area contributed by atoms with Gasteiger partial charge in [-0.1, -0.05) is 0 Å². The molecule has 7 heteroatoms. The van der Waals surface area contributed by atoms with Crippen LogP contribution in [0.25, 0.3) is 0 Å². The third kappa shape index (κ3) is 4.49. The summed E-state index contributed by atoms with van der Waals surface area (Å²) in [4.78, 5) is 14.2. The number of amides is 1. The Balaban J connectivity index is 2.17. The van der Waals surface area contributed by atoms with Crippen LogP contribution in [-0.4, -0.2) is 61.1 Å². The minimum absolute atomic E-state index is 0.0322. The minimum Gasteiger partial charge on any atom is -0.376 e. The Kier molecular flexibility index (Phi) is 6.31. The molecule has 0 aromatic carbocycles. The summed E-state index contributed by atoms with van der Waals surface area (Å²) >= 11 is 0. The van der Waals surface area contributed by atoms with E-state index in [4.69, 9.17) is 10.5 Å². The highest BCUT2D eigenvalue weighted by Crippen LogP contribution is 2.34. The molecule has 6 nitrogen and oxygen atoms in total. The molecule has 0 spiro atoms. The number of carbonyl (C=O) groups excluding carboxylic acids is 1. The molecule has 1 aliphatic heterocycles. The van der Waals surface area contributed by atoms with Crippen molar-refractivity contribution < 1.29 is 17.9 Å². The lowest BCUT2D eigenvalue weighted by atomic mass is 9.83. The van der Waals surface area contributed by atoms with Gasteiger partial charge in [0.15, 0.2) is 9.84 Å². The lowest BCUT2D eigenvalue weighted by Crippen LogP contribution is -2.50. The van der Waals surface area contributed by atoms with Gasteiger partial charge in [-0.3, -0.25) is 4.79 Å². The molecule has 24 heavy (non-hydrogen) atoms. The van der Waals surface area contributed by atoms with E-state index in [-0.39, 0.29) is 35.8 Å². The van der Waals surface area contributed by atoms with Crippen molar-refractivity contribution in [2.75, 3.05) is 12.3 Å². The van der Waals surface area contributed by atoms with Gasteiger partial charge < -0.3 is 15.4 Å². The van der Waals surface area contributed by atoms with Crippen LogP contribution in [0.1, 0.15) is 53.4 Å². The van der Waals surface area contributed by atoms with Crippen LogP contribution in [0.15, 0.2) is 0 Å². The number of hydrogen-bond donors (Lipinski definition) is 1. The number of hydrogen-bond acceptors (Lipinski definition) is 5. The van der Waals surface area contributed by atoms with Gasteiger partial charge in [-0.2, -0.15) is 0 Å². The Morgan fingerprint density at radius 3 is 2.38 bits per heavy atom. The maximum atomic E-state index is 12.5. The average molecular weight is 361 g/mol. The molecule has 1 aliphatic carbocycles. The summed E-state index contributed by atoms with van der Waals surface area (Å²) in [5, 5.41) is -0.402. The molecular weight excluding hydrogens is 328 g/mol. The third-order valence-electron chi connectivity index (χ3n) is 5.21. The van der Waals surface area contributed by atoms with Gasteiger partial charge in [0.2, 0.25) is 5.91 Å². The number of rotatable bonds is 6. The van der Waals surface area contributed by atoms with Crippen LogP contribution in [-0.2, 0) is 19.4 Å². The fourth-order valence-corrected chi connectivity index (χ4v) is 5.19. The Hall–Kier alpha value is -0.660. The van der Waals surface area contributed by atoms with Gasteiger partial charge in [-0.25, -0.2) is 8.42 Å². The van der Waals surface area contributed by atoms with Crippen LogP contribution < -0.4 is 5.73 Å². The maximum Gasteiger partial charge on any atom is 0.239 e. The fourth-order valence-electron chi connectivity index (χ4n) is 3.85. The smallest absolute Gasteiger partial charge is 0.239 e. The molecule has 0 unspecified atom stereocenters. The predicted molar refractivity (Wildman–Crippen MR) is 94.4 cm³/mol. The third-order valence-corrected chi connectivity index (χ3v) is 7.53. The molecular formula is C17H32N2O4S. The number of sulfone groups is 1. The van der Waals surface area contributed by atoms with Crippen LogP contribution in [0.4, 0.5) is 0 Å². The summed E-state index contributed by atoms with van der Waals surface area (Å²) in [5.74, 6) is 0.00563. The Bertz CT molecular complexity index is 547. The van der Waals surface area contributed by atoms with E-state index in [2.05, 4.69) is 0 Å². The Morgan fingerprint density at radius 2 is 1.88 bits per heavy atom. The predicted octanol–water partition coefficient (Wildman–Crippen LogP) is 1.33. The van der Waals surface area contributed by atoms with Gasteiger partial charge in [-0.05, 0) is 59.3 Å².